The number of H-pyrrole nitrogens is 1. The molecule has 0 radical (unpaired) electrons. The number of nitrogens with zero attached hydrogens (tertiary/aromatic N) is 2. The zero-order valence-corrected chi connectivity index (χ0v) is 17.6. The van der Waals surface area contributed by atoms with Crippen molar-refractivity contribution in [1.29, 1.82) is 0 Å². The van der Waals surface area contributed by atoms with Gasteiger partial charge in [0.15, 0.2) is 5.16 Å². The fourth-order valence-corrected chi connectivity index (χ4v) is 6.72. The third kappa shape index (κ3) is 4.05. The minimum Gasteiger partial charge on any atom is -0.373 e. The van der Waals surface area contributed by atoms with Gasteiger partial charge < -0.3 is 15.0 Å². The number of benzene rings is 1. The van der Waals surface area contributed by atoms with Crippen molar-refractivity contribution in [1.82, 2.24) is 15.3 Å². The number of carbonyl (C=O) groups excluding carboxylic acids is 1. The Morgan fingerprint density at radius 3 is 2.63 bits per heavy atom. The lowest BCUT2D eigenvalue weighted by molar-refractivity contribution is -0.384. The summed E-state index contributed by atoms with van der Waals surface area (Å²) in [5.74, 6) is 2.73. The summed E-state index contributed by atoms with van der Waals surface area (Å²) in [5, 5.41) is 14.4. The summed E-state index contributed by atoms with van der Waals surface area (Å²) >= 11 is 1.28. The molecular weight excluding hydrogens is 404 g/mol. The van der Waals surface area contributed by atoms with Crippen molar-refractivity contribution in [3.63, 3.8) is 0 Å². The Morgan fingerprint density at radius 1 is 1.27 bits per heavy atom. The number of imidazole rings is 1. The number of nitro groups is 1. The molecule has 2 N–H and O–H groups in total. The fourth-order valence-electron chi connectivity index (χ4n) is 6.01. The molecule has 4 aliphatic carbocycles. The quantitative estimate of drug-likeness (QED) is 0.286. The third-order valence-corrected chi connectivity index (χ3v) is 7.68. The number of nitro benzene ring substituents is 1. The second kappa shape index (κ2) is 7.85. The lowest BCUT2D eigenvalue weighted by atomic mass is 9.54. The lowest BCUT2D eigenvalue weighted by Crippen LogP contribution is -2.52. The molecule has 6 rings (SSSR count). The largest absolute Gasteiger partial charge is 0.373 e. The van der Waals surface area contributed by atoms with Gasteiger partial charge >= 0.3 is 0 Å². The zero-order chi connectivity index (χ0) is 20.7. The van der Waals surface area contributed by atoms with Crippen LogP contribution in [0.4, 0.5) is 5.69 Å². The topological polar surface area (TPSA) is 110 Å². The highest BCUT2D eigenvalue weighted by Gasteiger charge is 2.51. The van der Waals surface area contributed by atoms with Crippen molar-refractivity contribution in [3.05, 3.63) is 28.3 Å². The molecule has 0 aliphatic heterocycles. The highest BCUT2D eigenvalue weighted by Crippen LogP contribution is 2.57. The molecule has 2 aromatic rings. The maximum absolute atomic E-state index is 12.2. The Labute approximate surface area is 178 Å². The van der Waals surface area contributed by atoms with E-state index in [-0.39, 0.29) is 22.9 Å². The van der Waals surface area contributed by atoms with E-state index in [2.05, 4.69) is 15.3 Å². The summed E-state index contributed by atoms with van der Waals surface area (Å²) < 4.78 is 6.33. The molecule has 4 aliphatic rings. The summed E-state index contributed by atoms with van der Waals surface area (Å²) in [6.07, 6.45) is 7.79. The van der Waals surface area contributed by atoms with Crippen LogP contribution in [0.1, 0.15) is 38.5 Å². The molecule has 1 amide bonds. The van der Waals surface area contributed by atoms with Crippen LogP contribution < -0.4 is 5.32 Å². The van der Waals surface area contributed by atoms with Gasteiger partial charge in [0.25, 0.3) is 5.69 Å². The number of ether oxygens (including phenoxy) is 1. The summed E-state index contributed by atoms with van der Waals surface area (Å²) in [7, 11) is 0. The molecule has 8 nitrogen and oxygen atoms in total. The van der Waals surface area contributed by atoms with Crippen LogP contribution in [0.2, 0.25) is 0 Å². The van der Waals surface area contributed by atoms with Crippen molar-refractivity contribution >= 4 is 34.4 Å². The average Bonchev–Trinajstić information content (AvgIpc) is 3.11. The first kappa shape index (κ1) is 19.8. The van der Waals surface area contributed by atoms with Crippen molar-refractivity contribution in [3.8, 4) is 0 Å². The van der Waals surface area contributed by atoms with Crippen molar-refractivity contribution in [2.75, 3.05) is 18.9 Å². The minimum atomic E-state index is -0.438. The molecule has 0 spiro atoms. The molecule has 0 saturated heterocycles. The van der Waals surface area contributed by atoms with E-state index in [0.717, 1.165) is 17.8 Å². The van der Waals surface area contributed by atoms with Gasteiger partial charge in [-0.3, -0.25) is 14.9 Å². The SMILES string of the molecule is O=C(CSc1nc2ccc([N+](=O)[O-])cc2[nH]1)NCCOC12CC3CC(CC(C3)C1)C2. The second-order valence-electron chi connectivity index (χ2n) is 9.09. The van der Waals surface area contributed by atoms with Crippen LogP contribution in [0.25, 0.3) is 11.0 Å². The summed E-state index contributed by atoms with van der Waals surface area (Å²) in [6.45, 7) is 1.09. The first-order chi connectivity index (χ1) is 14.5. The maximum atomic E-state index is 12.2. The predicted octanol–water partition coefficient (Wildman–Crippen LogP) is 3.66. The average molecular weight is 431 g/mol. The van der Waals surface area contributed by atoms with Gasteiger partial charge in [0.05, 0.1) is 33.9 Å². The Morgan fingerprint density at radius 2 is 1.97 bits per heavy atom. The van der Waals surface area contributed by atoms with Gasteiger partial charge in [-0.2, -0.15) is 0 Å². The number of nitrogens with one attached hydrogen (secondary N) is 2. The molecule has 4 bridgehead atoms. The molecule has 4 fully saturated rings. The van der Waals surface area contributed by atoms with Gasteiger partial charge in [-0.1, -0.05) is 11.8 Å². The van der Waals surface area contributed by atoms with Crippen LogP contribution in [0, 0.1) is 27.9 Å². The molecule has 1 heterocycles. The van der Waals surface area contributed by atoms with E-state index in [9.17, 15) is 14.9 Å². The normalized spacial score (nSPS) is 29.4. The van der Waals surface area contributed by atoms with Gasteiger partial charge in [-0.05, 0) is 62.3 Å². The first-order valence-corrected chi connectivity index (χ1v) is 11.6. The van der Waals surface area contributed by atoms with Crippen LogP contribution in [-0.4, -0.2) is 45.3 Å². The highest BCUT2D eigenvalue weighted by atomic mass is 32.2. The molecule has 0 atom stereocenters. The number of hydrogen-bond acceptors (Lipinski definition) is 6. The molecule has 4 saturated carbocycles. The van der Waals surface area contributed by atoms with Crippen molar-refractivity contribution in [2.24, 2.45) is 17.8 Å². The van der Waals surface area contributed by atoms with E-state index in [1.165, 1.54) is 62.4 Å². The monoisotopic (exact) mass is 430 g/mol. The number of thioether (sulfide) groups is 1. The first-order valence-electron chi connectivity index (χ1n) is 10.7. The third-order valence-electron chi connectivity index (χ3n) is 6.81. The van der Waals surface area contributed by atoms with Gasteiger partial charge in [0.1, 0.15) is 0 Å². The van der Waals surface area contributed by atoms with Gasteiger partial charge in [-0.25, -0.2) is 4.98 Å². The van der Waals surface area contributed by atoms with Crippen LogP contribution in [0.15, 0.2) is 23.4 Å². The molecule has 1 aromatic carbocycles. The molecular formula is C21H26N4O4S. The van der Waals surface area contributed by atoms with E-state index >= 15 is 0 Å². The van der Waals surface area contributed by atoms with E-state index in [0.29, 0.717) is 29.3 Å². The number of carbonyl (C=O) groups is 1. The number of hydrogen-bond donors (Lipinski definition) is 2. The number of fused-ring (bicyclic) bond motifs is 1. The maximum Gasteiger partial charge on any atom is 0.271 e. The molecule has 30 heavy (non-hydrogen) atoms. The second-order valence-corrected chi connectivity index (χ2v) is 10.1. The van der Waals surface area contributed by atoms with E-state index in [1.807, 2.05) is 0 Å². The van der Waals surface area contributed by atoms with Crippen LogP contribution >= 0.6 is 11.8 Å². The molecule has 160 valence electrons. The van der Waals surface area contributed by atoms with Crippen LogP contribution in [-0.2, 0) is 9.53 Å². The minimum absolute atomic E-state index is 0.0134. The number of amides is 1. The smallest absolute Gasteiger partial charge is 0.271 e. The summed E-state index contributed by atoms with van der Waals surface area (Å²) in [4.78, 5) is 30.0. The van der Waals surface area contributed by atoms with Gasteiger partial charge in [-0.15, -0.1) is 0 Å². The number of rotatable bonds is 8. The van der Waals surface area contributed by atoms with Crippen molar-refractivity contribution in [2.45, 2.75) is 49.3 Å². The number of non-ortho nitro benzene ring substituents is 1. The van der Waals surface area contributed by atoms with Crippen LogP contribution in [0.3, 0.4) is 0 Å². The Bertz CT molecular complexity index is 940. The molecule has 1 aromatic heterocycles. The molecule has 0 unspecified atom stereocenters. The summed E-state index contributed by atoms with van der Waals surface area (Å²) in [6, 6.07) is 4.48. The molecule has 9 heteroatoms. The van der Waals surface area contributed by atoms with Gasteiger partial charge in [0.2, 0.25) is 5.91 Å². The van der Waals surface area contributed by atoms with E-state index in [1.54, 1.807) is 6.07 Å². The zero-order valence-electron chi connectivity index (χ0n) is 16.8. The highest BCUT2D eigenvalue weighted by molar-refractivity contribution is 7.99. The Hall–Kier alpha value is -2.13. The van der Waals surface area contributed by atoms with Crippen LogP contribution in [0.5, 0.6) is 0 Å². The Kier molecular flexibility index (Phi) is 5.18. The van der Waals surface area contributed by atoms with Gasteiger partial charge in [0, 0.05) is 18.7 Å². The number of aromatic amines is 1. The predicted molar refractivity (Wildman–Crippen MR) is 113 cm³/mol. The summed E-state index contributed by atoms with van der Waals surface area (Å²) in [5.41, 5.74) is 1.33. The van der Waals surface area contributed by atoms with E-state index < -0.39 is 4.92 Å². The standard InChI is InChI=1S/C21H26N4O4S/c26-19(12-30-20-23-17-2-1-16(25(27)28)8-18(17)24-20)22-3-4-29-21-9-13-5-14(10-21)7-15(6-13)11-21/h1-2,8,13-15H,3-7,9-12H2,(H,22,26)(H,23,24). The van der Waals surface area contributed by atoms with Crippen molar-refractivity contribution < 1.29 is 14.5 Å². The fraction of sp³-hybridized carbons (Fsp3) is 0.619. The number of aromatic nitrogens is 2. The Balaban J connectivity index is 1.06. The lowest BCUT2D eigenvalue weighted by Gasteiger charge is -2.56. The van der Waals surface area contributed by atoms with E-state index in [4.69, 9.17) is 4.74 Å².